The molecule has 3 heterocycles. The monoisotopic (exact) mass is 332 g/mol. The second-order valence-electron chi connectivity index (χ2n) is 7.33. The number of carbonyl (C=O) groups is 1. The van der Waals surface area contributed by atoms with Gasteiger partial charge in [0, 0.05) is 11.6 Å². The van der Waals surface area contributed by atoms with Crippen molar-refractivity contribution in [3.05, 3.63) is 70.8 Å². The Hall–Kier alpha value is -2.62. The summed E-state index contributed by atoms with van der Waals surface area (Å²) in [5.74, 6) is -0.157. The van der Waals surface area contributed by atoms with Gasteiger partial charge in [-0.05, 0) is 31.4 Å². The first-order valence-corrected chi connectivity index (χ1v) is 8.86. The van der Waals surface area contributed by atoms with Gasteiger partial charge in [-0.15, -0.1) is 0 Å². The van der Waals surface area contributed by atoms with Gasteiger partial charge in [-0.25, -0.2) is 0 Å². The molecule has 5 rings (SSSR count). The fourth-order valence-electron chi connectivity index (χ4n) is 4.54. The van der Waals surface area contributed by atoms with Gasteiger partial charge in [-0.2, -0.15) is 0 Å². The minimum absolute atomic E-state index is 0.0378. The van der Waals surface area contributed by atoms with Crippen LogP contribution in [0.5, 0.6) is 0 Å². The second kappa shape index (κ2) is 5.19. The summed E-state index contributed by atoms with van der Waals surface area (Å²) in [7, 11) is 0. The molecule has 1 saturated heterocycles. The highest BCUT2D eigenvalue weighted by molar-refractivity contribution is 6.15. The fourth-order valence-corrected chi connectivity index (χ4v) is 4.54. The van der Waals surface area contributed by atoms with E-state index in [1.165, 1.54) is 16.7 Å². The molecule has 1 fully saturated rings. The molecule has 3 aliphatic heterocycles. The van der Waals surface area contributed by atoms with Crippen molar-refractivity contribution in [2.75, 3.05) is 0 Å². The maximum absolute atomic E-state index is 13.3. The van der Waals surface area contributed by atoms with E-state index in [4.69, 9.17) is 4.84 Å². The van der Waals surface area contributed by atoms with Gasteiger partial charge in [0.25, 0.3) is 0 Å². The molecule has 126 valence electrons. The first kappa shape index (κ1) is 14.7. The fraction of sp³-hybridized carbons (Fsp3) is 0.333. The molecule has 4 atom stereocenters. The molecule has 2 aromatic carbocycles. The predicted octanol–water partition coefficient (Wildman–Crippen LogP) is 3.24. The minimum Gasteiger partial charge on any atom is -0.388 e. The lowest BCUT2D eigenvalue weighted by Gasteiger charge is -2.38. The Labute approximate surface area is 147 Å². The van der Waals surface area contributed by atoms with Crippen LogP contribution < -0.4 is 0 Å². The van der Waals surface area contributed by atoms with E-state index >= 15 is 0 Å². The molecule has 3 aliphatic rings. The number of aryl methyl sites for hydroxylation is 1. The average molecular weight is 332 g/mol. The van der Waals surface area contributed by atoms with Gasteiger partial charge in [0.2, 0.25) is 5.91 Å². The van der Waals surface area contributed by atoms with Crippen LogP contribution >= 0.6 is 0 Å². The van der Waals surface area contributed by atoms with E-state index < -0.39 is 0 Å². The summed E-state index contributed by atoms with van der Waals surface area (Å²) in [5.41, 5.74) is 5.47. The van der Waals surface area contributed by atoms with Gasteiger partial charge in [0.15, 0.2) is 6.10 Å². The van der Waals surface area contributed by atoms with Crippen molar-refractivity contribution in [2.45, 2.75) is 38.5 Å². The zero-order valence-electron chi connectivity index (χ0n) is 14.3. The molecule has 0 saturated carbocycles. The van der Waals surface area contributed by atoms with Crippen LogP contribution in [-0.4, -0.2) is 28.7 Å². The van der Waals surface area contributed by atoms with Crippen LogP contribution in [0, 0.1) is 12.8 Å². The minimum atomic E-state index is -0.304. The molecule has 1 amide bonds. The summed E-state index contributed by atoms with van der Waals surface area (Å²) in [6.45, 7) is 4.18. The highest BCUT2D eigenvalue weighted by Crippen LogP contribution is 2.48. The van der Waals surface area contributed by atoms with Gasteiger partial charge in [0.1, 0.15) is 11.6 Å². The lowest BCUT2D eigenvalue weighted by molar-refractivity contribution is -0.132. The number of amides is 1. The first-order chi connectivity index (χ1) is 12.1. The molecular weight excluding hydrogens is 312 g/mol. The number of fused-ring (bicyclic) bond motifs is 5. The number of nitrogens with zero attached hydrogens (tertiary/aromatic N) is 2. The molecule has 0 radical (unpaired) electrons. The van der Waals surface area contributed by atoms with Crippen molar-refractivity contribution in [3.8, 4) is 0 Å². The van der Waals surface area contributed by atoms with Crippen LogP contribution in [0.25, 0.3) is 0 Å². The Kier molecular flexibility index (Phi) is 3.05. The third-order valence-corrected chi connectivity index (χ3v) is 5.74. The molecule has 0 unspecified atom stereocenters. The highest BCUT2D eigenvalue weighted by atomic mass is 16.6. The SMILES string of the molecule is Cc1ccc(C2=NO[C@H]3[C@@H]2C(=O)N2[C@H](C)Cc4ccccc4[C@@H]32)cc1. The number of benzene rings is 2. The molecular formula is C21H20N2O2. The zero-order valence-corrected chi connectivity index (χ0v) is 14.3. The van der Waals surface area contributed by atoms with Crippen molar-refractivity contribution in [1.82, 2.24) is 4.90 Å². The Morgan fingerprint density at radius 2 is 1.88 bits per heavy atom. The molecule has 4 heteroatoms. The van der Waals surface area contributed by atoms with Crippen LogP contribution in [0.2, 0.25) is 0 Å². The van der Waals surface area contributed by atoms with Crippen molar-refractivity contribution in [1.29, 1.82) is 0 Å². The van der Waals surface area contributed by atoms with E-state index in [1.807, 2.05) is 23.1 Å². The summed E-state index contributed by atoms with van der Waals surface area (Å²) in [5, 5.41) is 4.33. The van der Waals surface area contributed by atoms with Crippen molar-refractivity contribution in [3.63, 3.8) is 0 Å². The maximum atomic E-state index is 13.3. The van der Waals surface area contributed by atoms with Gasteiger partial charge in [0.05, 0.1) is 6.04 Å². The van der Waals surface area contributed by atoms with E-state index in [0.29, 0.717) is 0 Å². The number of hydrogen-bond acceptors (Lipinski definition) is 3. The van der Waals surface area contributed by atoms with Gasteiger partial charge in [-0.3, -0.25) is 4.79 Å². The van der Waals surface area contributed by atoms with Crippen LogP contribution in [0.3, 0.4) is 0 Å². The van der Waals surface area contributed by atoms with Gasteiger partial charge in [-0.1, -0.05) is 59.3 Å². The lowest BCUT2D eigenvalue weighted by atomic mass is 9.86. The van der Waals surface area contributed by atoms with Crippen LogP contribution in [-0.2, 0) is 16.1 Å². The largest absolute Gasteiger partial charge is 0.388 e. The summed E-state index contributed by atoms with van der Waals surface area (Å²) < 4.78 is 0. The molecule has 0 N–H and O–H groups in total. The highest BCUT2D eigenvalue weighted by Gasteiger charge is 2.58. The van der Waals surface area contributed by atoms with Crippen LogP contribution in [0.1, 0.15) is 35.2 Å². The molecule has 2 aromatic rings. The van der Waals surface area contributed by atoms with E-state index in [1.54, 1.807) is 0 Å². The zero-order chi connectivity index (χ0) is 17.1. The summed E-state index contributed by atoms with van der Waals surface area (Å²) >= 11 is 0. The Balaban J connectivity index is 1.58. The third kappa shape index (κ3) is 2.00. The molecule has 0 bridgehead atoms. The number of hydrogen-bond donors (Lipinski definition) is 0. The summed E-state index contributed by atoms with van der Waals surface area (Å²) in [6.07, 6.45) is 0.669. The molecule has 0 aromatic heterocycles. The van der Waals surface area contributed by atoms with E-state index in [2.05, 4.69) is 49.3 Å². The molecule has 0 spiro atoms. The van der Waals surface area contributed by atoms with Crippen LogP contribution in [0.4, 0.5) is 0 Å². The lowest BCUT2D eigenvalue weighted by Crippen LogP contribution is -2.43. The van der Waals surface area contributed by atoms with E-state index in [0.717, 1.165) is 17.7 Å². The Morgan fingerprint density at radius 3 is 2.68 bits per heavy atom. The van der Waals surface area contributed by atoms with Crippen molar-refractivity contribution >= 4 is 11.6 Å². The van der Waals surface area contributed by atoms with E-state index in [-0.39, 0.29) is 30.0 Å². The summed E-state index contributed by atoms with van der Waals surface area (Å²) in [4.78, 5) is 21.1. The Morgan fingerprint density at radius 1 is 1.12 bits per heavy atom. The van der Waals surface area contributed by atoms with Crippen molar-refractivity contribution in [2.24, 2.45) is 11.1 Å². The average Bonchev–Trinajstić information content (AvgIpc) is 3.16. The standard InChI is InChI=1S/C21H20N2O2/c1-12-7-9-14(10-8-12)18-17-20(25-22-18)19-16-6-4-3-5-15(16)11-13(2)23(19)21(17)24/h3-10,13,17,19-20H,11H2,1-2H3/t13-,17-,19+,20+/m1/s1. The maximum Gasteiger partial charge on any atom is 0.236 e. The smallest absolute Gasteiger partial charge is 0.236 e. The number of oxime groups is 1. The topological polar surface area (TPSA) is 41.9 Å². The Bertz CT molecular complexity index is 887. The molecule has 4 nitrogen and oxygen atoms in total. The number of carbonyl (C=O) groups excluding carboxylic acids is 1. The molecule has 25 heavy (non-hydrogen) atoms. The molecule has 0 aliphatic carbocycles. The number of rotatable bonds is 1. The van der Waals surface area contributed by atoms with E-state index in [9.17, 15) is 4.79 Å². The van der Waals surface area contributed by atoms with Gasteiger partial charge >= 0.3 is 0 Å². The normalized spacial score (nSPS) is 29.6. The first-order valence-electron chi connectivity index (χ1n) is 8.86. The van der Waals surface area contributed by atoms with Crippen molar-refractivity contribution < 1.29 is 9.63 Å². The third-order valence-electron chi connectivity index (χ3n) is 5.74. The predicted molar refractivity (Wildman–Crippen MR) is 95.3 cm³/mol. The quantitative estimate of drug-likeness (QED) is 0.804. The summed E-state index contributed by atoms with van der Waals surface area (Å²) in [6, 6.07) is 16.7. The second-order valence-corrected chi connectivity index (χ2v) is 7.33. The van der Waals surface area contributed by atoms with Gasteiger partial charge < -0.3 is 9.74 Å². The van der Waals surface area contributed by atoms with Crippen LogP contribution in [0.15, 0.2) is 53.7 Å².